The molecule has 0 aromatic heterocycles. The first-order valence-electron chi connectivity index (χ1n) is 7.77. The number of benzene rings is 1. The van der Waals surface area contributed by atoms with Crippen LogP contribution >= 0.6 is 0 Å². The Bertz CT molecular complexity index is 821. The number of ketones is 1. The van der Waals surface area contributed by atoms with Gasteiger partial charge in [-0.25, -0.2) is 4.79 Å². The largest absolute Gasteiger partial charge is 0.504 e. The van der Waals surface area contributed by atoms with E-state index in [0.29, 0.717) is 6.07 Å². The third kappa shape index (κ3) is 6.57. The number of anilines is 1. The van der Waals surface area contributed by atoms with E-state index in [2.05, 4.69) is 0 Å². The van der Waals surface area contributed by atoms with Crippen LogP contribution in [0.1, 0.15) is 26.3 Å². The van der Waals surface area contributed by atoms with Crippen molar-refractivity contribution >= 4 is 23.1 Å². The molecule has 0 aliphatic heterocycles. The molecule has 1 aromatic carbocycles. The number of halogens is 6. The average Bonchev–Trinajstić information content (AvgIpc) is 2.52. The van der Waals surface area contributed by atoms with Crippen molar-refractivity contribution in [2.45, 2.75) is 38.7 Å². The third-order valence-corrected chi connectivity index (χ3v) is 3.12. The number of aliphatic hydroxyl groups excluding tert-OH is 1. The monoisotopic (exact) mass is 429 g/mol. The summed E-state index contributed by atoms with van der Waals surface area (Å²) in [4.78, 5) is 23.6. The Morgan fingerprint density at radius 2 is 1.55 bits per heavy atom. The Labute approximate surface area is 161 Å². The number of Topliss-reactive ketones (excluding diaryl/α,β-unsaturated/α-hetero) is 1. The molecule has 162 valence electrons. The molecule has 6 nitrogen and oxygen atoms in total. The van der Waals surface area contributed by atoms with Crippen molar-refractivity contribution in [1.82, 2.24) is 0 Å². The number of amides is 1. The number of hydrogen-bond donors (Lipinski definition) is 2. The van der Waals surface area contributed by atoms with Crippen molar-refractivity contribution in [3.8, 4) is 5.75 Å². The maximum Gasteiger partial charge on any atom is 0.455 e. The molecule has 0 saturated heterocycles. The summed E-state index contributed by atoms with van der Waals surface area (Å²) in [5.41, 5.74) is -4.85. The molecular formula is C17H17F6NO5. The Morgan fingerprint density at radius 3 is 1.97 bits per heavy atom. The summed E-state index contributed by atoms with van der Waals surface area (Å²) < 4.78 is 87.3. The van der Waals surface area contributed by atoms with Gasteiger partial charge in [0.05, 0.1) is 18.4 Å². The second-order valence-corrected chi connectivity index (χ2v) is 6.59. The highest BCUT2D eigenvalue weighted by molar-refractivity contribution is 6.25. The van der Waals surface area contributed by atoms with Gasteiger partial charge in [-0.3, -0.25) is 10.1 Å². The molecule has 0 heterocycles. The molecule has 29 heavy (non-hydrogen) atoms. The van der Waals surface area contributed by atoms with Crippen LogP contribution in [0.15, 0.2) is 24.0 Å². The highest BCUT2D eigenvalue weighted by atomic mass is 19.4. The van der Waals surface area contributed by atoms with Gasteiger partial charge in [0.2, 0.25) is 5.76 Å². The molecule has 1 aromatic rings. The van der Waals surface area contributed by atoms with E-state index >= 15 is 0 Å². The molecule has 0 fully saturated rings. The molecule has 0 bridgehead atoms. The Hall–Kier alpha value is -2.92. The Balaban J connectivity index is 3.71. The van der Waals surface area contributed by atoms with Crippen LogP contribution in [0.2, 0.25) is 0 Å². The molecule has 0 atom stereocenters. The SMILES string of the molecule is COc1ccc(NC(=O)OC(C)(C)C)c(/C(C(=O)C(F)(F)F)=C(/O)C(F)(F)F)c1. The van der Waals surface area contributed by atoms with Crippen LogP contribution in [-0.2, 0) is 9.53 Å². The average molecular weight is 429 g/mol. The normalized spacial score (nSPS) is 13.4. The predicted molar refractivity (Wildman–Crippen MR) is 89.5 cm³/mol. The molecule has 0 unspecified atom stereocenters. The number of carbonyl (C=O) groups is 2. The van der Waals surface area contributed by atoms with Gasteiger partial charge in [-0.2, -0.15) is 26.3 Å². The predicted octanol–water partition coefficient (Wildman–Crippen LogP) is 5.01. The summed E-state index contributed by atoms with van der Waals surface area (Å²) in [7, 11) is 1.07. The van der Waals surface area contributed by atoms with E-state index in [0.717, 1.165) is 19.2 Å². The molecule has 0 aliphatic rings. The van der Waals surface area contributed by atoms with Crippen LogP contribution in [0.4, 0.5) is 36.8 Å². The van der Waals surface area contributed by atoms with E-state index in [1.165, 1.54) is 20.8 Å². The lowest BCUT2D eigenvalue weighted by Crippen LogP contribution is -2.29. The minimum absolute atomic E-state index is 0.239. The van der Waals surface area contributed by atoms with E-state index in [-0.39, 0.29) is 5.75 Å². The van der Waals surface area contributed by atoms with Crippen molar-refractivity contribution in [2.75, 3.05) is 12.4 Å². The lowest BCUT2D eigenvalue weighted by molar-refractivity contribution is -0.165. The van der Waals surface area contributed by atoms with Gasteiger partial charge in [-0.15, -0.1) is 0 Å². The molecule has 0 radical (unpaired) electrons. The molecule has 0 aliphatic carbocycles. The summed E-state index contributed by atoms with van der Waals surface area (Å²) >= 11 is 0. The van der Waals surface area contributed by atoms with E-state index in [9.17, 15) is 41.0 Å². The Morgan fingerprint density at radius 1 is 1.00 bits per heavy atom. The fourth-order valence-electron chi connectivity index (χ4n) is 2.02. The first kappa shape index (κ1) is 24.1. The Kier molecular flexibility index (Phi) is 6.83. The smallest absolute Gasteiger partial charge is 0.455 e. The molecule has 0 spiro atoms. The molecular weight excluding hydrogens is 412 g/mol. The van der Waals surface area contributed by atoms with Crippen LogP contribution in [0.5, 0.6) is 5.75 Å². The van der Waals surface area contributed by atoms with E-state index in [4.69, 9.17) is 9.47 Å². The first-order chi connectivity index (χ1) is 13.0. The number of carbonyl (C=O) groups excluding carboxylic acids is 2. The van der Waals surface area contributed by atoms with Crippen LogP contribution in [0.25, 0.3) is 5.57 Å². The molecule has 0 saturated carbocycles. The number of nitrogens with one attached hydrogen (secondary N) is 1. The zero-order chi connectivity index (χ0) is 22.8. The van der Waals surface area contributed by atoms with Gasteiger partial charge in [0.15, 0.2) is 0 Å². The summed E-state index contributed by atoms with van der Waals surface area (Å²) in [6.07, 6.45) is -12.6. The van der Waals surface area contributed by atoms with E-state index in [1.807, 2.05) is 5.32 Å². The number of allylic oxidation sites excluding steroid dienone is 2. The van der Waals surface area contributed by atoms with Crippen molar-refractivity contribution in [3.63, 3.8) is 0 Å². The van der Waals surface area contributed by atoms with Gasteiger partial charge >= 0.3 is 18.4 Å². The lowest BCUT2D eigenvalue weighted by atomic mass is 9.97. The number of aliphatic hydroxyl groups is 1. The van der Waals surface area contributed by atoms with Gasteiger partial charge in [0.1, 0.15) is 11.4 Å². The summed E-state index contributed by atoms with van der Waals surface area (Å²) in [5.74, 6) is -5.98. The fourth-order valence-corrected chi connectivity index (χ4v) is 2.02. The molecule has 12 heteroatoms. The zero-order valence-electron chi connectivity index (χ0n) is 15.6. The summed E-state index contributed by atoms with van der Waals surface area (Å²) in [6, 6.07) is 2.63. The van der Waals surface area contributed by atoms with Crippen LogP contribution in [0.3, 0.4) is 0 Å². The van der Waals surface area contributed by atoms with E-state index < -0.39 is 52.4 Å². The second kappa shape index (κ2) is 8.21. The standard InChI is InChI=1S/C17H17F6NO5/c1-15(2,3)29-14(27)24-10-6-5-8(28-4)7-9(10)11(12(25)16(18,19)20)13(26)17(21,22)23/h5-7,25H,1-4H3,(H,24,27)/b12-11-. The van der Waals surface area contributed by atoms with Crippen LogP contribution < -0.4 is 10.1 Å². The first-order valence-corrected chi connectivity index (χ1v) is 7.77. The maximum absolute atomic E-state index is 13.0. The minimum Gasteiger partial charge on any atom is -0.504 e. The topological polar surface area (TPSA) is 84.9 Å². The van der Waals surface area contributed by atoms with Gasteiger partial charge < -0.3 is 14.6 Å². The highest BCUT2D eigenvalue weighted by Crippen LogP contribution is 2.39. The third-order valence-electron chi connectivity index (χ3n) is 3.12. The number of ether oxygens (including phenoxy) is 2. The quantitative estimate of drug-likeness (QED) is 0.400. The summed E-state index contributed by atoms with van der Waals surface area (Å²) in [5, 5.41) is 11.4. The van der Waals surface area contributed by atoms with Crippen molar-refractivity contribution < 1.29 is 50.5 Å². The van der Waals surface area contributed by atoms with Crippen molar-refractivity contribution in [2.24, 2.45) is 0 Å². The zero-order valence-corrected chi connectivity index (χ0v) is 15.6. The van der Waals surface area contributed by atoms with Crippen molar-refractivity contribution in [1.29, 1.82) is 0 Å². The number of alkyl halides is 6. The molecule has 2 N–H and O–H groups in total. The van der Waals surface area contributed by atoms with Crippen LogP contribution in [-0.4, -0.2) is 42.0 Å². The highest BCUT2D eigenvalue weighted by Gasteiger charge is 2.48. The van der Waals surface area contributed by atoms with Crippen LogP contribution in [0, 0.1) is 0 Å². The van der Waals surface area contributed by atoms with E-state index in [1.54, 1.807) is 0 Å². The second-order valence-electron chi connectivity index (χ2n) is 6.59. The number of hydrogen-bond acceptors (Lipinski definition) is 5. The van der Waals surface area contributed by atoms with Gasteiger partial charge in [-0.05, 0) is 39.0 Å². The summed E-state index contributed by atoms with van der Waals surface area (Å²) in [6.45, 7) is 4.40. The van der Waals surface area contributed by atoms with Gasteiger partial charge in [-0.1, -0.05) is 0 Å². The van der Waals surface area contributed by atoms with Crippen molar-refractivity contribution in [3.05, 3.63) is 29.5 Å². The maximum atomic E-state index is 13.0. The van der Waals surface area contributed by atoms with Gasteiger partial charge in [0.25, 0.3) is 5.78 Å². The number of rotatable bonds is 4. The molecule has 1 amide bonds. The van der Waals surface area contributed by atoms with Gasteiger partial charge in [0, 0.05) is 5.56 Å². The fraction of sp³-hybridized carbons (Fsp3) is 0.412. The minimum atomic E-state index is -5.75. The molecule has 1 rings (SSSR count). The lowest BCUT2D eigenvalue weighted by Gasteiger charge is -2.21. The number of methoxy groups -OCH3 is 1.